The third-order valence-corrected chi connectivity index (χ3v) is 5.76. The number of carbonyl (C=O) groups excluding carboxylic acids is 1. The molecule has 1 amide bonds. The molecule has 0 fully saturated rings. The molecule has 154 valence electrons. The molecule has 4 rings (SSSR count). The van der Waals surface area contributed by atoms with Crippen molar-refractivity contribution in [2.45, 2.75) is 32.2 Å². The lowest BCUT2D eigenvalue weighted by Crippen LogP contribution is -2.32. The average molecular weight is 401 g/mol. The molecule has 0 unspecified atom stereocenters. The fourth-order valence-electron chi connectivity index (χ4n) is 4.19. The third-order valence-electron chi connectivity index (χ3n) is 5.76. The number of hydrogen-bond donors (Lipinski definition) is 1. The summed E-state index contributed by atoms with van der Waals surface area (Å²) in [4.78, 5) is 14.7. The number of aromatic nitrogens is 2. The molecule has 5 heteroatoms. The Morgan fingerprint density at radius 1 is 1.03 bits per heavy atom. The summed E-state index contributed by atoms with van der Waals surface area (Å²) < 4.78 is 2.01. The van der Waals surface area contributed by atoms with Crippen LogP contribution < -0.4 is 10.2 Å². The summed E-state index contributed by atoms with van der Waals surface area (Å²) in [7, 11) is 3.98. The fourth-order valence-corrected chi connectivity index (χ4v) is 4.19. The smallest absolute Gasteiger partial charge is 0.251 e. The number of hydrogen-bond acceptors (Lipinski definition) is 3. The van der Waals surface area contributed by atoms with E-state index in [2.05, 4.69) is 43.4 Å². The Bertz CT molecular complexity index is 1060. The Balaban J connectivity index is 1.46. The van der Waals surface area contributed by atoms with Gasteiger partial charge in [-0.3, -0.25) is 4.79 Å². The van der Waals surface area contributed by atoms with Crippen LogP contribution in [0.1, 0.15) is 39.6 Å². The van der Waals surface area contributed by atoms with Crippen LogP contribution in [0.25, 0.3) is 5.69 Å². The normalized spacial score (nSPS) is 17.9. The molecule has 2 atom stereocenters. The van der Waals surface area contributed by atoms with Gasteiger partial charge in [-0.05, 0) is 56.7 Å². The van der Waals surface area contributed by atoms with Gasteiger partial charge < -0.3 is 10.2 Å². The van der Waals surface area contributed by atoms with Gasteiger partial charge in [-0.2, -0.15) is 5.10 Å². The van der Waals surface area contributed by atoms with Gasteiger partial charge in [0.1, 0.15) is 0 Å². The number of amides is 1. The van der Waals surface area contributed by atoms with E-state index in [-0.39, 0.29) is 17.9 Å². The van der Waals surface area contributed by atoms with Gasteiger partial charge in [-0.25, -0.2) is 4.68 Å². The molecular formula is C25H28N4O. The summed E-state index contributed by atoms with van der Waals surface area (Å²) in [5, 5.41) is 7.93. The number of nitrogens with zero attached hydrogens (tertiary/aromatic N) is 3. The largest absolute Gasteiger partial charge is 0.378 e. The molecule has 1 heterocycles. The summed E-state index contributed by atoms with van der Waals surface area (Å²) in [6.07, 6.45) is 5.16. The molecule has 3 aromatic rings. The number of carbonyl (C=O) groups is 1. The van der Waals surface area contributed by atoms with E-state index in [4.69, 9.17) is 5.10 Å². The van der Waals surface area contributed by atoms with E-state index in [9.17, 15) is 4.79 Å². The van der Waals surface area contributed by atoms with Gasteiger partial charge >= 0.3 is 0 Å². The summed E-state index contributed by atoms with van der Waals surface area (Å²) in [5.41, 5.74) is 6.27. The van der Waals surface area contributed by atoms with E-state index in [0.29, 0.717) is 5.56 Å². The highest BCUT2D eigenvalue weighted by Crippen LogP contribution is 2.34. The quantitative estimate of drug-likeness (QED) is 0.646. The molecule has 30 heavy (non-hydrogen) atoms. The van der Waals surface area contributed by atoms with Crippen molar-refractivity contribution in [1.29, 1.82) is 0 Å². The zero-order valence-corrected chi connectivity index (χ0v) is 18.0. The monoisotopic (exact) mass is 400 g/mol. The van der Waals surface area contributed by atoms with Crippen LogP contribution in [0.15, 0.2) is 66.7 Å². The van der Waals surface area contributed by atoms with Crippen molar-refractivity contribution < 1.29 is 4.79 Å². The van der Waals surface area contributed by atoms with Crippen molar-refractivity contribution >= 4 is 11.6 Å². The van der Waals surface area contributed by atoms with Gasteiger partial charge in [0.15, 0.2) is 0 Å². The molecule has 0 bridgehead atoms. The lowest BCUT2D eigenvalue weighted by molar-refractivity contribution is 0.0944. The van der Waals surface area contributed by atoms with Crippen LogP contribution in [-0.2, 0) is 0 Å². The second kappa shape index (κ2) is 8.19. The summed E-state index contributed by atoms with van der Waals surface area (Å²) in [5.74, 6) is 0.216. The number of allylic oxidation sites excluding steroid dienone is 1. The topological polar surface area (TPSA) is 50.2 Å². The second-order valence-corrected chi connectivity index (χ2v) is 8.08. The van der Waals surface area contributed by atoms with Gasteiger partial charge in [0.05, 0.1) is 11.4 Å². The van der Waals surface area contributed by atoms with Crippen LogP contribution >= 0.6 is 0 Å². The minimum Gasteiger partial charge on any atom is -0.378 e. The Morgan fingerprint density at radius 3 is 2.40 bits per heavy atom. The number of nitrogens with one attached hydrogen (secondary N) is 1. The lowest BCUT2D eigenvalue weighted by Gasteiger charge is -2.16. The maximum atomic E-state index is 12.7. The first-order chi connectivity index (χ1) is 14.4. The van der Waals surface area contributed by atoms with E-state index in [1.54, 1.807) is 0 Å². The molecule has 0 aliphatic heterocycles. The molecule has 5 nitrogen and oxygen atoms in total. The van der Waals surface area contributed by atoms with Gasteiger partial charge in [-0.1, -0.05) is 30.4 Å². The van der Waals surface area contributed by atoms with Crippen molar-refractivity contribution in [2.75, 3.05) is 19.0 Å². The molecule has 0 radical (unpaired) electrons. The first-order valence-corrected chi connectivity index (χ1v) is 10.3. The van der Waals surface area contributed by atoms with Crippen LogP contribution in [0.5, 0.6) is 0 Å². The molecule has 1 N–H and O–H groups in total. The number of anilines is 1. The third kappa shape index (κ3) is 3.88. The van der Waals surface area contributed by atoms with Crippen molar-refractivity contribution in [1.82, 2.24) is 15.1 Å². The molecule has 1 aromatic heterocycles. The van der Waals surface area contributed by atoms with Crippen molar-refractivity contribution in [2.24, 2.45) is 0 Å². The Hall–Kier alpha value is -3.34. The van der Waals surface area contributed by atoms with Crippen LogP contribution in [0.3, 0.4) is 0 Å². The number of rotatable bonds is 5. The first-order valence-electron chi connectivity index (χ1n) is 10.3. The minimum atomic E-state index is -0.0379. The predicted octanol–water partition coefficient (Wildman–Crippen LogP) is 4.40. The number of aryl methyl sites for hydroxylation is 1. The zero-order valence-electron chi connectivity index (χ0n) is 18.0. The standard InChI is InChI=1S/C25H28N4O/c1-17-24(18(2)29(27-17)23-8-6-5-7-9-23)20-10-13-21(16-20)26-25(30)19-11-14-22(15-12-19)28(3)4/h5-15,20-21H,16H2,1-4H3,(H,26,30)/t20-,21+/m0/s1. The van der Waals surface area contributed by atoms with E-state index in [1.807, 2.05) is 66.1 Å². The van der Waals surface area contributed by atoms with E-state index < -0.39 is 0 Å². The maximum Gasteiger partial charge on any atom is 0.251 e. The first kappa shape index (κ1) is 20.0. The second-order valence-electron chi connectivity index (χ2n) is 8.08. The van der Waals surface area contributed by atoms with E-state index in [1.165, 1.54) is 5.56 Å². The lowest BCUT2D eigenvalue weighted by atomic mass is 9.96. The molecule has 1 aliphatic carbocycles. The van der Waals surface area contributed by atoms with E-state index in [0.717, 1.165) is 29.2 Å². The van der Waals surface area contributed by atoms with Crippen LogP contribution in [0.4, 0.5) is 5.69 Å². The van der Waals surface area contributed by atoms with Gasteiger partial charge in [0.25, 0.3) is 5.91 Å². The molecule has 0 saturated heterocycles. The van der Waals surface area contributed by atoms with Gasteiger partial charge in [0.2, 0.25) is 0 Å². The predicted molar refractivity (Wildman–Crippen MR) is 122 cm³/mol. The molecule has 1 aliphatic rings. The highest BCUT2D eigenvalue weighted by Gasteiger charge is 2.27. The average Bonchev–Trinajstić information content (AvgIpc) is 3.32. The van der Waals surface area contributed by atoms with Crippen LogP contribution in [0, 0.1) is 13.8 Å². The molecule has 0 saturated carbocycles. The van der Waals surface area contributed by atoms with Crippen molar-refractivity contribution in [3.63, 3.8) is 0 Å². The van der Waals surface area contributed by atoms with Crippen molar-refractivity contribution in [3.8, 4) is 5.69 Å². The van der Waals surface area contributed by atoms with Crippen molar-refractivity contribution in [3.05, 3.63) is 89.3 Å². The zero-order chi connectivity index (χ0) is 21.3. The fraction of sp³-hybridized carbons (Fsp3) is 0.280. The molecular weight excluding hydrogens is 372 g/mol. The van der Waals surface area contributed by atoms with Gasteiger partial charge in [-0.15, -0.1) is 0 Å². The minimum absolute atomic E-state index is 0.0231. The number of para-hydroxylation sites is 1. The Kier molecular flexibility index (Phi) is 5.44. The summed E-state index contributed by atoms with van der Waals surface area (Å²) >= 11 is 0. The number of benzene rings is 2. The van der Waals surface area contributed by atoms with Crippen LogP contribution in [0.2, 0.25) is 0 Å². The van der Waals surface area contributed by atoms with E-state index >= 15 is 0 Å². The SMILES string of the molecule is Cc1nn(-c2ccccc2)c(C)c1[C@H]1C=C[C@@H](NC(=O)c2ccc(N(C)C)cc2)C1. The van der Waals surface area contributed by atoms with Crippen LogP contribution in [-0.4, -0.2) is 35.8 Å². The maximum absolute atomic E-state index is 12.7. The Morgan fingerprint density at radius 2 is 1.73 bits per heavy atom. The molecule has 0 spiro atoms. The highest BCUT2D eigenvalue weighted by molar-refractivity contribution is 5.94. The summed E-state index contributed by atoms with van der Waals surface area (Å²) in [6.45, 7) is 4.18. The highest BCUT2D eigenvalue weighted by atomic mass is 16.1. The van der Waals surface area contributed by atoms with Gasteiger partial charge in [0, 0.05) is 48.6 Å². The summed E-state index contributed by atoms with van der Waals surface area (Å²) in [6, 6.07) is 17.9. The molecule has 2 aromatic carbocycles. The Labute approximate surface area is 178 Å².